The molecule has 2 rings (SSSR count). The lowest BCUT2D eigenvalue weighted by atomic mass is 9.93. The highest BCUT2D eigenvalue weighted by molar-refractivity contribution is 5.79. The van der Waals surface area contributed by atoms with E-state index < -0.39 is 0 Å². The Labute approximate surface area is 95.5 Å². The van der Waals surface area contributed by atoms with E-state index in [-0.39, 0.29) is 11.8 Å². The number of allylic oxidation sites excluding steroid dienone is 2. The summed E-state index contributed by atoms with van der Waals surface area (Å²) in [7, 11) is 0. The van der Waals surface area contributed by atoms with Gasteiger partial charge in [0, 0.05) is 19.0 Å². The molecule has 0 spiro atoms. The topological polar surface area (TPSA) is 58.2 Å². The molecule has 0 aromatic heterocycles. The smallest absolute Gasteiger partial charge is 0.223 e. The van der Waals surface area contributed by atoms with Crippen molar-refractivity contribution in [1.82, 2.24) is 10.6 Å². The fourth-order valence-corrected chi connectivity index (χ4v) is 2.67. The third kappa shape index (κ3) is 2.43. The average molecular weight is 222 g/mol. The van der Waals surface area contributed by atoms with Crippen molar-refractivity contribution in [3.05, 3.63) is 12.2 Å². The largest absolute Gasteiger partial charge is 0.359 e. The van der Waals surface area contributed by atoms with Crippen molar-refractivity contribution >= 4 is 12.3 Å². The first-order valence-corrected chi connectivity index (χ1v) is 5.94. The zero-order chi connectivity index (χ0) is 11.4. The summed E-state index contributed by atoms with van der Waals surface area (Å²) in [6, 6.07) is 0. The van der Waals surface area contributed by atoms with Crippen LogP contribution in [0.5, 0.6) is 0 Å². The lowest BCUT2D eigenvalue weighted by Gasteiger charge is -2.17. The van der Waals surface area contributed by atoms with Gasteiger partial charge in [0.2, 0.25) is 12.3 Å². The molecular weight excluding hydrogens is 204 g/mol. The van der Waals surface area contributed by atoms with Crippen molar-refractivity contribution in [1.29, 1.82) is 0 Å². The highest BCUT2D eigenvalue weighted by atomic mass is 16.2. The van der Waals surface area contributed by atoms with Crippen LogP contribution >= 0.6 is 0 Å². The summed E-state index contributed by atoms with van der Waals surface area (Å²) in [5.74, 6) is 1.48. The van der Waals surface area contributed by atoms with Crippen molar-refractivity contribution in [2.75, 3.05) is 13.1 Å². The summed E-state index contributed by atoms with van der Waals surface area (Å²) in [5, 5.41) is 5.52. The first kappa shape index (κ1) is 11.2. The maximum atomic E-state index is 11.8. The molecule has 88 valence electrons. The van der Waals surface area contributed by atoms with Gasteiger partial charge in [-0.1, -0.05) is 12.2 Å². The Morgan fingerprint density at radius 2 is 2.19 bits per heavy atom. The number of hydrogen-bond acceptors (Lipinski definition) is 2. The van der Waals surface area contributed by atoms with Crippen molar-refractivity contribution in [3.63, 3.8) is 0 Å². The SMILES string of the molecule is O=CNCCCNC(=O)C1CC2C=CC1C2. The molecular formula is C12H18N2O2. The zero-order valence-electron chi connectivity index (χ0n) is 9.32. The van der Waals surface area contributed by atoms with E-state index in [4.69, 9.17) is 0 Å². The summed E-state index contributed by atoms with van der Waals surface area (Å²) < 4.78 is 0. The summed E-state index contributed by atoms with van der Waals surface area (Å²) >= 11 is 0. The fraction of sp³-hybridized carbons (Fsp3) is 0.667. The van der Waals surface area contributed by atoms with Crippen LogP contribution in [-0.4, -0.2) is 25.4 Å². The Morgan fingerprint density at radius 3 is 2.81 bits per heavy atom. The van der Waals surface area contributed by atoms with Crippen LogP contribution in [0.2, 0.25) is 0 Å². The van der Waals surface area contributed by atoms with Gasteiger partial charge in [0.1, 0.15) is 0 Å². The van der Waals surface area contributed by atoms with Crippen LogP contribution in [0.25, 0.3) is 0 Å². The monoisotopic (exact) mass is 222 g/mol. The molecule has 4 heteroatoms. The molecule has 2 aliphatic carbocycles. The molecule has 0 aromatic rings. The number of nitrogens with one attached hydrogen (secondary N) is 2. The van der Waals surface area contributed by atoms with E-state index in [2.05, 4.69) is 22.8 Å². The third-order valence-electron chi connectivity index (χ3n) is 3.50. The Balaban J connectivity index is 1.65. The van der Waals surface area contributed by atoms with Crippen LogP contribution < -0.4 is 10.6 Å². The molecule has 0 saturated heterocycles. The lowest BCUT2D eigenvalue weighted by Crippen LogP contribution is -2.34. The highest BCUT2D eigenvalue weighted by Gasteiger charge is 2.39. The number of carbonyl (C=O) groups is 2. The molecule has 4 nitrogen and oxygen atoms in total. The van der Waals surface area contributed by atoms with Crippen LogP contribution in [0.15, 0.2) is 12.2 Å². The predicted molar refractivity (Wildman–Crippen MR) is 60.5 cm³/mol. The standard InChI is InChI=1S/C12H18N2O2/c15-8-13-4-1-5-14-12(16)11-7-9-2-3-10(11)6-9/h2-3,8-11H,1,4-7H2,(H,13,15)(H,14,16). The minimum Gasteiger partial charge on any atom is -0.359 e. The molecule has 0 radical (unpaired) electrons. The Morgan fingerprint density at radius 1 is 1.31 bits per heavy atom. The van der Waals surface area contributed by atoms with Gasteiger partial charge in [0.25, 0.3) is 0 Å². The maximum absolute atomic E-state index is 11.8. The summed E-state index contributed by atoms with van der Waals surface area (Å²) in [4.78, 5) is 21.8. The van der Waals surface area contributed by atoms with Gasteiger partial charge in [0.15, 0.2) is 0 Å². The second kappa shape index (κ2) is 5.14. The van der Waals surface area contributed by atoms with E-state index in [1.54, 1.807) is 0 Å². The Bertz CT molecular complexity index is 301. The van der Waals surface area contributed by atoms with Gasteiger partial charge < -0.3 is 10.6 Å². The van der Waals surface area contributed by atoms with E-state index in [1.165, 1.54) is 0 Å². The number of carbonyl (C=O) groups excluding carboxylic acids is 2. The maximum Gasteiger partial charge on any atom is 0.223 e. The molecule has 2 aliphatic rings. The predicted octanol–water partition coefficient (Wildman–Crippen LogP) is 0.451. The van der Waals surface area contributed by atoms with E-state index in [0.29, 0.717) is 31.3 Å². The summed E-state index contributed by atoms with van der Waals surface area (Å²) in [6.45, 7) is 1.28. The van der Waals surface area contributed by atoms with Gasteiger partial charge in [-0.25, -0.2) is 0 Å². The molecule has 2 amide bonds. The molecule has 3 atom stereocenters. The van der Waals surface area contributed by atoms with Crippen LogP contribution in [0.3, 0.4) is 0 Å². The van der Waals surface area contributed by atoms with Crippen LogP contribution in [0.4, 0.5) is 0 Å². The van der Waals surface area contributed by atoms with Gasteiger partial charge in [-0.3, -0.25) is 9.59 Å². The molecule has 16 heavy (non-hydrogen) atoms. The van der Waals surface area contributed by atoms with Crippen molar-refractivity contribution < 1.29 is 9.59 Å². The molecule has 1 fully saturated rings. The van der Waals surface area contributed by atoms with Gasteiger partial charge >= 0.3 is 0 Å². The van der Waals surface area contributed by atoms with Gasteiger partial charge in [-0.05, 0) is 31.1 Å². The normalized spacial score (nSPS) is 30.4. The van der Waals surface area contributed by atoms with E-state index in [1.807, 2.05) is 0 Å². The molecule has 0 aliphatic heterocycles. The first-order valence-electron chi connectivity index (χ1n) is 5.94. The molecule has 2 bridgehead atoms. The minimum absolute atomic E-state index is 0.183. The summed E-state index contributed by atoms with van der Waals surface area (Å²) in [5.41, 5.74) is 0. The molecule has 1 saturated carbocycles. The number of amides is 2. The molecule has 3 unspecified atom stereocenters. The van der Waals surface area contributed by atoms with Crippen LogP contribution in [0, 0.1) is 17.8 Å². The third-order valence-corrected chi connectivity index (χ3v) is 3.50. The summed E-state index contributed by atoms with van der Waals surface area (Å²) in [6.07, 6.45) is 8.07. The Kier molecular flexibility index (Phi) is 3.59. The second-order valence-electron chi connectivity index (χ2n) is 4.60. The highest BCUT2D eigenvalue weighted by Crippen LogP contribution is 2.43. The molecule has 0 aromatic carbocycles. The lowest BCUT2D eigenvalue weighted by molar-refractivity contribution is -0.125. The number of rotatable bonds is 6. The number of fused-ring (bicyclic) bond motifs is 2. The van der Waals surface area contributed by atoms with E-state index in [9.17, 15) is 9.59 Å². The first-order chi connectivity index (χ1) is 7.81. The van der Waals surface area contributed by atoms with Gasteiger partial charge in [-0.15, -0.1) is 0 Å². The van der Waals surface area contributed by atoms with Crippen LogP contribution in [0.1, 0.15) is 19.3 Å². The zero-order valence-corrected chi connectivity index (χ0v) is 9.32. The fourth-order valence-electron chi connectivity index (χ4n) is 2.67. The van der Waals surface area contributed by atoms with E-state index in [0.717, 1.165) is 19.3 Å². The van der Waals surface area contributed by atoms with Crippen LogP contribution in [-0.2, 0) is 9.59 Å². The average Bonchev–Trinajstić information content (AvgIpc) is 2.90. The second-order valence-corrected chi connectivity index (χ2v) is 4.60. The van der Waals surface area contributed by atoms with E-state index >= 15 is 0 Å². The molecule has 0 heterocycles. The van der Waals surface area contributed by atoms with Crippen molar-refractivity contribution in [2.45, 2.75) is 19.3 Å². The Hall–Kier alpha value is -1.32. The van der Waals surface area contributed by atoms with Gasteiger partial charge in [0.05, 0.1) is 0 Å². The van der Waals surface area contributed by atoms with Crippen molar-refractivity contribution in [2.24, 2.45) is 17.8 Å². The number of hydrogen-bond donors (Lipinski definition) is 2. The quantitative estimate of drug-likeness (QED) is 0.389. The molecule has 2 N–H and O–H groups in total. The minimum atomic E-state index is 0.183. The van der Waals surface area contributed by atoms with Crippen molar-refractivity contribution in [3.8, 4) is 0 Å². The van der Waals surface area contributed by atoms with Gasteiger partial charge in [-0.2, -0.15) is 0 Å².